The topological polar surface area (TPSA) is 83.7 Å². The highest BCUT2D eigenvalue weighted by atomic mass is 35.5. The molecular weight excluding hydrogens is 366 g/mol. The van der Waals surface area contributed by atoms with E-state index in [4.69, 9.17) is 16.0 Å². The lowest BCUT2D eigenvalue weighted by Gasteiger charge is -2.12. The smallest absolute Gasteiger partial charge is 0.289 e. The predicted molar refractivity (Wildman–Crippen MR) is 102 cm³/mol. The van der Waals surface area contributed by atoms with Gasteiger partial charge in [-0.3, -0.25) is 9.59 Å². The van der Waals surface area contributed by atoms with E-state index in [0.717, 1.165) is 5.56 Å². The number of halogens is 1. The van der Waals surface area contributed by atoms with Gasteiger partial charge in [0.1, 0.15) is 0 Å². The third kappa shape index (κ3) is 3.47. The van der Waals surface area contributed by atoms with Crippen molar-refractivity contribution in [1.82, 2.24) is 5.32 Å². The second kappa shape index (κ2) is 7.09. The van der Waals surface area contributed by atoms with Crippen LogP contribution in [0.25, 0.3) is 0 Å². The summed E-state index contributed by atoms with van der Waals surface area (Å²) in [6.07, 6.45) is 0.266. The third-order valence-corrected chi connectivity index (χ3v) is 4.30. The van der Waals surface area contributed by atoms with Gasteiger partial charge in [0.05, 0.1) is 17.7 Å². The van der Waals surface area contributed by atoms with Gasteiger partial charge in [-0.05, 0) is 30.3 Å². The van der Waals surface area contributed by atoms with Crippen molar-refractivity contribution in [3.05, 3.63) is 88.8 Å². The van der Waals surface area contributed by atoms with Crippen LogP contribution in [0, 0.1) is 0 Å². The lowest BCUT2D eigenvalue weighted by molar-refractivity contribution is -0.117. The molecule has 1 atom stereocenters. The minimum absolute atomic E-state index is 0.101. The summed E-state index contributed by atoms with van der Waals surface area (Å²) in [6, 6.07) is 17.6. The Balaban J connectivity index is 1.78. The molecule has 0 saturated heterocycles. The lowest BCUT2D eigenvalue weighted by Crippen LogP contribution is -2.42. The van der Waals surface area contributed by atoms with Crippen LogP contribution in [0.3, 0.4) is 0 Å². The first-order chi connectivity index (χ1) is 13.1. The molecule has 1 aliphatic rings. The van der Waals surface area contributed by atoms with Crippen LogP contribution in [-0.2, 0) is 4.79 Å². The van der Waals surface area contributed by atoms with Gasteiger partial charge in [0, 0.05) is 16.1 Å². The number of aliphatic imine (C=N–C) groups is 1. The molecule has 0 bridgehead atoms. The van der Waals surface area contributed by atoms with Crippen molar-refractivity contribution < 1.29 is 14.0 Å². The molecule has 2 heterocycles. The first kappa shape index (κ1) is 17.1. The van der Waals surface area contributed by atoms with Gasteiger partial charge in [-0.2, -0.15) is 0 Å². The largest absolute Gasteiger partial charge is 0.459 e. The number of rotatable bonds is 3. The molecule has 27 heavy (non-hydrogen) atoms. The molecular formula is C20H14ClN3O3. The Hall–Kier alpha value is -3.38. The van der Waals surface area contributed by atoms with Crippen molar-refractivity contribution in [3.63, 3.8) is 0 Å². The summed E-state index contributed by atoms with van der Waals surface area (Å²) in [7, 11) is 0. The molecule has 6 nitrogen and oxygen atoms in total. The number of anilines is 1. The average molecular weight is 380 g/mol. The molecule has 1 aliphatic heterocycles. The quantitative estimate of drug-likeness (QED) is 0.730. The van der Waals surface area contributed by atoms with E-state index in [0.29, 0.717) is 22.0 Å². The van der Waals surface area contributed by atoms with E-state index in [-0.39, 0.29) is 5.76 Å². The van der Waals surface area contributed by atoms with E-state index >= 15 is 0 Å². The van der Waals surface area contributed by atoms with Gasteiger partial charge in [0.15, 0.2) is 5.76 Å². The number of carbonyl (C=O) groups is 2. The van der Waals surface area contributed by atoms with E-state index in [2.05, 4.69) is 15.6 Å². The van der Waals surface area contributed by atoms with E-state index < -0.39 is 18.0 Å². The van der Waals surface area contributed by atoms with Gasteiger partial charge in [-0.15, -0.1) is 0 Å². The summed E-state index contributed by atoms with van der Waals surface area (Å²) >= 11 is 6.16. The van der Waals surface area contributed by atoms with E-state index in [1.807, 2.05) is 30.3 Å². The summed E-state index contributed by atoms with van der Waals surface area (Å²) in [5.41, 5.74) is 2.60. The molecule has 3 aromatic rings. The number of benzodiazepines with no additional fused rings is 1. The van der Waals surface area contributed by atoms with Crippen molar-refractivity contribution in [2.75, 3.05) is 5.32 Å². The van der Waals surface area contributed by atoms with E-state index in [9.17, 15) is 9.59 Å². The highest BCUT2D eigenvalue weighted by molar-refractivity contribution is 6.32. The first-order valence-electron chi connectivity index (χ1n) is 8.20. The molecule has 0 fully saturated rings. The number of amides is 2. The number of hydrogen-bond donors (Lipinski definition) is 2. The summed E-state index contributed by atoms with van der Waals surface area (Å²) in [6.45, 7) is 0. The predicted octanol–water partition coefficient (Wildman–Crippen LogP) is 3.48. The molecule has 0 saturated carbocycles. The summed E-state index contributed by atoms with van der Waals surface area (Å²) < 4.78 is 5.08. The van der Waals surface area contributed by atoms with Crippen molar-refractivity contribution in [2.45, 2.75) is 6.17 Å². The van der Waals surface area contributed by atoms with E-state index in [1.54, 1.807) is 24.3 Å². The molecule has 4 rings (SSSR count). The van der Waals surface area contributed by atoms with Crippen molar-refractivity contribution >= 4 is 34.8 Å². The zero-order chi connectivity index (χ0) is 18.8. The highest BCUT2D eigenvalue weighted by Crippen LogP contribution is 2.27. The number of hydrogen-bond acceptors (Lipinski definition) is 4. The van der Waals surface area contributed by atoms with Gasteiger partial charge in [-0.25, -0.2) is 4.99 Å². The fraction of sp³-hybridized carbons (Fsp3) is 0.0500. The van der Waals surface area contributed by atoms with Crippen LogP contribution >= 0.6 is 11.6 Å². The fourth-order valence-electron chi connectivity index (χ4n) is 2.81. The molecule has 1 aromatic heterocycles. The Labute approximate surface area is 159 Å². The lowest BCUT2D eigenvalue weighted by atomic mass is 10.0. The van der Waals surface area contributed by atoms with Crippen LogP contribution in [0.2, 0.25) is 5.02 Å². The van der Waals surface area contributed by atoms with Gasteiger partial charge in [0.2, 0.25) is 6.17 Å². The number of benzene rings is 2. The number of nitrogens with zero attached hydrogens (tertiary/aromatic N) is 1. The maximum absolute atomic E-state index is 12.6. The molecule has 0 radical (unpaired) electrons. The SMILES string of the molecule is O=C(NC1N=C(c2ccccc2)c2cc(Cl)ccc2NC1=O)c1ccco1. The fourth-order valence-corrected chi connectivity index (χ4v) is 2.98. The average Bonchev–Trinajstić information content (AvgIpc) is 3.18. The number of nitrogens with one attached hydrogen (secondary N) is 2. The first-order valence-corrected chi connectivity index (χ1v) is 8.58. The number of furan rings is 1. The molecule has 2 aromatic carbocycles. The Morgan fingerprint density at radius 1 is 1.11 bits per heavy atom. The van der Waals surface area contributed by atoms with Crippen LogP contribution < -0.4 is 10.6 Å². The van der Waals surface area contributed by atoms with Crippen LogP contribution in [0.1, 0.15) is 21.7 Å². The van der Waals surface area contributed by atoms with Gasteiger partial charge in [0.25, 0.3) is 11.8 Å². The standard InChI is InChI=1S/C20H14ClN3O3/c21-13-8-9-15-14(11-13)17(12-5-2-1-3-6-12)23-18(20(26)22-15)24-19(25)16-7-4-10-27-16/h1-11,18H,(H,22,26)(H,24,25). The van der Waals surface area contributed by atoms with Crippen LogP contribution in [0.4, 0.5) is 5.69 Å². The van der Waals surface area contributed by atoms with Gasteiger partial charge >= 0.3 is 0 Å². The van der Waals surface area contributed by atoms with E-state index in [1.165, 1.54) is 12.3 Å². The van der Waals surface area contributed by atoms with Crippen molar-refractivity contribution in [1.29, 1.82) is 0 Å². The van der Waals surface area contributed by atoms with Crippen molar-refractivity contribution in [2.24, 2.45) is 4.99 Å². The maximum atomic E-state index is 12.6. The molecule has 2 N–H and O–H groups in total. The van der Waals surface area contributed by atoms with Crippen LogP contribution in [0.15, 0.2) is 76.3 Å². The van der Waals surface area contributed by atoms with Gasteiger partial charge in [-0.1, -0.05) is 41.9 Å². The molecule has 0 aliphatic carbocycles. The minimum atomic E-state index is -1.12. The molecule has 2 amide bonds. The van der Waals surface area contributed by atoms with Crippen molar-refractivity contribution in [3.8, 4) is 0 Å². The molecule has 1 unspecified atom stereocenters. The zero-order valence-electron chi connectivity index (χ0n) is 14.0. The Morgan fingerprint density at radius 3 is 2.67 bits per heavy atom. The van der Waals surface area contributed by atoms with Gasteiger partial charge < -0.3 is 15.1 Å². The summed E-state index contributed by atoms with van der Waals surface area (Å²) in [5, 5.41) is 5.91. The second-order valence-electron chi connectivity index (χ2n) is 5.88. The van der Waals surface area contributed by atoms with Crippen LogP contribution in [-0.4, -0.2) is 23.7 Å². The normalized spacial score (nSPS) is 16.0. The number of carbonyl (C=O) groups excluding carboxylic acids is 2. The molecule has 7 heteroatoms. The monoisotopic (exact) mass is 379 g/mol. The maximum Gasteiger partial charge on any atom is 0.289 e. The minimum Gasteiger partial charge on any atom is -0.459 e. The summed E-state index contributed by atoms with van der Waals surface area (Å²) in [4.78, 5) is 29.5. The Kier molecular flexibility index (Phi) is 4.48. The highest BCUT2D eigenvalue weighted by Gasteiger charge is 2.28. The molecule has 0 spiro atoms. The number of fused-ring (bicyclic) bond motifs is 1. The Morgan fingerprint density at radius 2 is 1.93 bits per heavy atom. The second-order valence-corrected chi connectivity index (χ2v) is 6.31. The van der Waals surface area contributed by atoms with Crippen LogP contribution in [0.5, 0.6) is 0 Å². The molecule has 134 valence electrons. The summed E-state index contributed by atoms with van der Waals surface area (Å²) in [5.74, 6) is -0.881. The third-order valence-electron chi connectivity index (χ3n) is 4.06. The Bertz CT molecular complexity index is 1030. The zero-order valence-corrected chi connectivity index (χ0v) is 14.7.